The molecular weight excluding hydrogens is 176 g/mol. The fourth-order valence-electron chi connectivity index (χ4n) is 2.51. The number of hydrogen-bond acceptors (Lipinski definition) is 2. The Morgan fingerprint density at radius 3 is 2.57 bits per heavy atom. The van der Waals surface area contributed by atoms with E-state index in [1.807, 2.05) is 0 Å². The van der Waals surface area contributed by atoms with Crippen LogP contribution in [0.15, 0.2) is 0 Å². The summed E-state index contributed by atoms with van der Waals surface area (Å²) in [5.74, 6) is 1.37. The number of nitrogens with zero attached hydrogens (tertiary/aromatic N) is 1. The Labute approximate surface area is 85.9 Å². The van der Waals surface area contributed by atoms with Gasteiger partial charge in [0, 0.05) is 19.6 Å². The number of likely N-dealkylation sites (N-methyl/N-ethyl adjacent to an activating group) is 1. The fourth-order valence-corrected chi connectivity index (χ4v) is 2.51. The summed E-state index contributed by atoms with van der Waals surface area (Å²) >= 11 is 0. The Morgan fingerprint density at radius 1 is 1.29 bits per heavy atom. The van der Waals surface area contributed by atoms with Crippen molar-refractivity contribution in [3.63, 3.8) is 0 Å². The van der Waals surface area contributed by atoms with Crippen LogP contribution in [0.1, 0.15) is 32.1 Å². The Hall–Kier alpha value is -0.570. The summed E-state index contributed by atoms with van der Waals surface area (Å²) in [4.78, 5) is 2.14. The quantitative estimate of drug-likeness (QED) is 0.540. The third kappa shape index (κ3) is 1.92. The molecule has 0 bridgehead atoms. The maximum absolute atomic E-state index is 8.13. The molecule has 80 valence electrons. The molecule has 1 saturated carbocycles. The molecular formula is C11H20N2O. The van der Waals surface area contributed by atoms with Gasteiger partial charge in [0.2, 0.25) is 0 Å². The monoisotopic (exact) mass is 196 g/mol. The number of amidine groups is 1. The zero-order valence-corrected chi connectivity index (χ0v) is 8.96. The summed E-state index contributed by atoms with van der Waals surface area (Å²) in [6.45, 7) is 1.68. The summed E-state index contributed by atoms with van der Waals surface area (Å²) < 4.78 is 5.35. The first-order valence-electron chi connectivity index (χ1n) is 5.68. The van der Waals surface area contributed by atoms with E-state index >= 15 is 0 Å². The second-order valence-corrected chi connectivity index (χ2v) is 4.49. The molecule has 0 spiro atoms. The SMILES string of the molecule is CN(C(=N)C1CCCC1)C1CCOC1. The van der Waals surface area contributed by atoms with Crippen LogP contribution in [0.2, 0.25) is 0 Å². The molecule has 1 unspecified atom stereocenters. The number of rotatable bonds is 2. The fraction of sp³-hybridized carbons (Fsp3) is 0.909. The van der Waals surface area contributed by atoms with E-state index in [2.05, 4.69) is 11.9 Å². The molecule has 1 saturated heterocycles. The molecule has 1 N–H and O–H groups in total. The minimum Gasteiger partial charge on any atom is -0.379 e. The van der Waals surface area contributed by atoms with Gasteiger partial charge in [-0.2, -0.15) is 0 Å². The van der Waals surface area contributed by atoms with E-state index in [1.165, 1.54) is 25.7 Å². The van der Waals surface area contributed by atoms with E-state index in [-0.39, 0.29) is 0 Å². The average molecular weight is 196 g/mol. The minimum absolute atomic E-state index is 0.461. The molecule has 2 fully saturated rings. The van der Waals surface area contributed by atoms with E-state index in [0.29, 0.717) is 12.0 Å². The highest BCUT2D eigenvalue weighted by atomic mass is 16.5. The van der Waals surface area contributed by atoms with E-state index in [4.69, 9.17) is 10.1 Å². The van der Waals surface area contributed by atoms with Crippen LogP contribution in [0.5, 0.6) is 0 Å². The molecule has 1 heterocycles. The molecule has 0 aromatic carbocycles. The van der Waals surface area contributed by atoms with Gasteiger partial charge in [-0.15, -0.1) is 0 Å². The molecule has 2 rings (SSSR count). The second-order valence-electron chi connectivity index (χ2n) is 4.49. The molecule has 1 aliphatic carbocycles. The van der Waals surface area contributed by atoms with E-state index in [9.17, 15) is 0 Å². The number of ether oxygens (including phenoxy) is 1. The highest BCUT2D eigenvalue weighted by Gasteiger charge is 2.28. The van der Waals surface area contributed by atoms with Crippen molar-refractivity contribution in [3.05, 3.63) is 0 Å². The average Bonchev–Trinajstić information content (AvgIpc) is 2.87. The van der Waals surface area contributed by atoms with Crippen LogP contribution in [-0.4, -0.2) is 37.0 Å². The molecule has 1 atom stereocenters. The van der Waals surface area contributed by atoms with Gasteiger partial charge < -0.3 is 9.64 Å². The Balaban J connectivity index is 1.89. The van der Waals surface area contributed by atoms with Crippen molar-refractivity contribution in [3.8, 4) is 0 Å². The molecule has 0 radical (unpaired) electrons. The molecule has 0 amide bonds. The Bertz CT molecular complexity index is 205. The lowest BCUT2D eigenvalue weighted by molar-refractivity contribution is 0.178. The summed E-state index contributed by atoms with van der Waals surface area (Å²) in [6.07, 6.45) is 6.14. The molecule has 2 aliphatic rings. The van der Waals surface area contributed by atoms with Crippen molar-refractivity contribution < 1.29 is 4.74 Å². The first kappa shape index (κ1) is 9.97. The zero-order valence-electron chi connectivity index (χ0n) is 8.96. The summed E-state index contributed by atoms with van der Waals surface area (Å²) in [5.41, 5.74) is 0. The summed E-state index contributed by atoms with van der Waals surface area (Å²) in [6, 6.07) is 0.461. The summed E-state index contributed by atoms with van der Waals surface area (Å²) in [7, 11) is 2.06. The van der Waals surface area contributed by atoms with Gasteiger partial charge in [-0.25, -0.2) is 0 Å². The van der Waals surface area contributed by atoms with Crippen molar-refractivity contribution in [1.29, 1.82) is 5.41 Å². The first-order valence-corrected chi connectivity index (χ1v) is 5.68. The molecule has 3 heteroatoms. The zero-order chi connectivity index (χ0) is 9.97. The molecule has 0 aromatic rings. The molecule has 14 heavy (non-hydrogen) atoms. The topological polar surface area (TPSA) is 36.3 Å². The van der Waals surface area contributed by atoms with Crippen LogP contribution in [0.25, 0.3) is 0 Å². The third-order valence-electron chi connectivity index (χ3n) is 3.58. The van der Waals surface area contributed by atoms with Crippen LogP contribution in [-0.2, 0) is 4.74 Å². The van der Waals surface area contributed by atoms with Gasteiger partial charge in [0.05, 0.1) is 18.5 Å². The van der Waals surface area contributed by atoms with Crippen LogP contribution in [0, 0.1) is 11.3 Å². The largest absolute Gasteiger partial charge is 0.379 e. The van der Waals surface area contributed by atoms with Crippen LogP contribution in [0.3, 0.4) is 0 Å². The van der Waals surface area contributed by atoms with E-state index in [1.54, 1.807) is 0 Å². The number of nitrogens with one attached hydrogen (secondary N) is 1. The van der Waals surface area contributed by atoms with Crippen molar-refractivity contribution in [1.82, 2.24) is 4.90 Å². The van der Waals surface area contributed by atoms with Crippen LogP contribution in [0.4, 0.5) is 0 Å². The van der Waals surface area contributed by atoms with Crippen molar-refractivity contribution in [2.24, 2.45) is 5.92 Å². The predicted molar refractivity (Wildman–Crippen MR) is 56.7 cm³/mol. The molecule has 0 aromatic heterocycles. The lowest BCUT2D eigenvalue weighted by atomic mass is 10.0. The lowest BCUT2D eigenvalue weighted by Crippen LogP contribution is -2.40. The van der Waals surface area contributed by atoms with E-state index < -0.39 is 0 Å². The minimum atomic E-state index is 0.461. The normalized spacial score (nSPS) is 28.2. The molecule has 3 nitrogen and oxygen atoms in total. The number of hydrogen-bond donors (Lipinski definition) is 1. The van der Waals surface area contributed by atoms with Gasteiger partial charge in [-0.1, -0.05) is 12.8 Å². The van der Waals surface area contributed by atoms with Gasteiger partial charge in [0.1, 0.15) is 0 Å². The second kappa shape index (κ2) is 4.30. The molecule has 1 aliphatic heterocycles. The van der Waals surface area contributed by atoms with Crippen molar-refractivity contribution in [2.45, 2.75) is 38.1 Å². The Morgan fingerprint density at radius 2 is 2.00 bits per heavy atom. The van der Waals surface area contributed by atoms with Gasteiger partial charge >= 0.3 is 0 Å². The van der Waals surface area contributed by atoms with Crippen LogP contribution < -0.4 is 0 Å². The smallest absolute Gasteiger partial charge is 0.0990 e. The lowest BCUT2D eigenvalue weighted by Gasteiger charge is -2.28. The first-order chi connectivity index (χ1) is 6.79. The highest BCUT2D eigenvalue weighted by Crippen LogP contribution is 2.27. The maximum atomic E-state index is 8.13. The van der Waals surface area contributed by atoms with E-state index in [0.717, 1.165) is 25.5 Å². The van der Waals surface area contributed by atoms with Crippen molar-refractivity contribution >= 4 is 5.84 Å². The van der Waals surface area contributed by atoms with Gasteiger partial charge in [-0.3, -0.25) is 5.41 Å². The van der Waals surface area contributed by atoms with Gasteiger partial charge in [0.25, 0.3) is 0 Å². The van der Waals surface area contributed by atoms with Crippen molar-refractivity contribution in [2.75, 3.05) is 20.3 Å². The standard InChI is InChI=1S/C11H20N2O/c1-13(10-6-7-14-8-10)11(12)9-4-2-3-5-9/h9-10,12H,2-8H2,1H3. The van der Waals surface area contributed by atoms with Gasteiger partial charge in [0.15, 0.2) is 0 Å². The van der Waals surface area contributed by atoms with Gasteiger partial charge in [-0.05, 0) is 19.3 Å². The van der Waals surface area contributed by atoms with Crippen LogP contribution >= 0.6 is 0 Å². The Kier molecular flexibility index (Phi) is 3.06. The summed E-state index contributed by atoms with van der Waals surface area (Å²) in [5, 5.41) is 8.13. The third-order valence-corrected chi connectivity index (χ3v) is 3.58. The highest BCUT2D eigenvalue weighted by molar-refractivity contribution is 5.82. The maximum Gasteiger partial charge on any atom is 0.0990 e. The predicted octanol–water partition coefficient (Wildman–Crippen LogP) is 1.87.